The van der Waals surface area contributed by atoms with E-state index in [0.717, 1.165) is 27.7 Å². The van der Waals surface area contributed by atoms with Gasteiger partial charge >= 0.3 is 0 Å². The first-order valence-electron chi connectivity index (χ1n) is 10.6. The Balaban J connectivity index is 1.51. The van der Waals surface area contributed by atoms with Gasteiger partial charge in [-0.2, -0.15) is 9.78 Å². The Labute approximate surface area is 198 Å². The summed E-state index contributed by atoms with van der Waals surface area (Å²) in [6.45, 7) is 2.55. The third-order valence-electron chi connectivity index (χ3n) is 5.09. The lowest BCUT2D eigenvalue weighted by Crippen LogP contribution is -2.02. The maximum atomic E-state index is 5.98. The molecule has 0 amide bonds. The van der Waals surface area contributed by atoms with Crippen LogP contribution in [0.1, 0.15) is 28.1 Å². The number of methoxy groups -OCH3 is 1. The fourth-order valence-corrected chi connectivity index (χ4v) is 3.73. The maximum absolute atomic E-state index is 5.98. The lowest BCUT2D eigenvalue weighted by Gasteiger charge is -2.11. The van der Waals surface area contributed by atoms with Crippen LogP contribution in [-0.2, 0) is 13.0 Å². The number of hydrogen-bond acceptors (Lipinski definition) is 6. The summed E-state index contributed by atoms with van der Waals surface area (Å²) in [5.74, 6) is 2.13. The van der Waals surface area contributed by atoms with Crippen LogP contribution < -0.4 is 9.47 Å². The molecule has 0 radical (unpaired) electrons. The molecule has 0 atom stereocenters. The summed E-state index contributed by atoms with van der Waals surface area (Å²) in [5.41, 5.74) is 4.38. The van der Waals surface area contributed by atoms with Gasteiger partial charge in [-0.3, -0.25) is 0 Å². The van der Waals surface area contributed by atoms with Crippen molar-refractivity contribution in [2.75, 3.05) is 13.4 Å². The SMILES string of the molecule is COc1cc(/C=N\n2c(Cc3ccccc3)nnc2SC)ccc1OCc1ccc(C)cc1. The van der Waals surface area contributed by atoms with Gasteiger partial charge in [-0.25, -0.2) is 0 Å². The molecule has 0 bridgehead atoms. The molecule has 1 aromatic heterocycles. The zero-order valence-electron chi connectivity index (χ0n) is 18.9. The van der Waals surface area contributed by atoms with E-state index in [0.29, 0.717) is 24.5 Å². The van der Waals surface area contributed by atoms with Gasteiger partial charge in [0.15, 0.2) is 17.3 Å². The highest BCUT2D eigenvalue weighted by atomic mass is 32.2. The number of benzene rings is 3. The van der Waals surface area contributed by atoms with Crippen LogP contribution in [0.25, 0.3) is 0 Å². The fourth-order valence-electron chi connectivity index (χ4n) is 3.28. The lowest BCUT2D eigenvalue weighted by atomic mass is 10.1. The number of thioether (sulfide) groups is 1. The monoisotopic (exact) mass is 458 g/mol. The largest absolute Gasteiger partial charge is 0.493 e. The minimum Gasteiger partial charge on any atom is -0.493 e. The van der Waals surface area contributed by atoms with Crippen molar-refractivity contribution in [2.24, 2.45) is 5.10 Å². The topological polar surface area (TPSA) is 61.5 Å². The predicted octanol–water partition coefficient (Wildman–Crippen LogP) is 5.37. The lowest BCUT2D eigenvalue weighted by molar-refractivity contribution is 0.284. The molecule has 4 aromatic rings. The third-order valence-corrected chi connectivity index (χ3v) is 5.71. The molecule has 168 valence electrons. The molecule has 7 heteroatoms. The second-order valence-electron chi connectivity index (χ2n) is 7.51. The van der Waals surface area contributed by atoms with Gasteiger partial charge in [-0.15, -0.1) is 10.2 Å². The number of ether oxygens (including phenoxy) is 2. The standard InChI is InChI=1S/C26H26N4O2S/c1-19-9-11-21(12-10-19)18-32-23-14-13-22(15-24(23)31-2)17-27-30-25(28-29-26(30)33-3)16-20-7-5-4-6-8-20/h4-15,17H,16,18H2,1-3H3/b27-17-. The summed E-state index contributed by atoms with van der Waals surface area (Å²) >= 11 is 1.51. The minimum absolute atomic E-state index is 0.477. The Morgan fingerprint density at radius 1 is 0.939 bits per heavy atom. The molecule has 0 saturated heterocycles. The number of aryl methyl sites for hydroxylation is 1. The normalized spacial score (nSPS) is 11.1. The van der Waals surface area contributed by atoms with Crippen LogP contribution in [0.15, 0.2) is 83.1 Å². The van der Waals surface area contributed by atoms with E-state index < -0.39 is 0 Å². The fraction of sp³-hybridized carbons (Fsp3) is 0.192. The summed E-state index contributed by atoms with van der Waals surface area (Å²) in [6.07, 6.45) is 4.40. The van der Waals surface area contributed by atoms with Crippen LogP contribution in [0.4, 0.5) is 0 Å². The van der Waals surface area contributed by atoms with E-state index in [1.165, 1.54) is 17.3 Å². The number of aromatic nitrogens is 3. The summed E-state index contributed by atoms with van der Waals surface area (Å²) in [5, 5.41) is 14.0. The van der Waals surface area contributed by atoms with Crippen LogP contribution in [0, 0.1) is 6.92 Å². The molecule has 3 aromatic carbocycles. The van der Waals surface area contributed by atoms with Crippen LogP contribution >= 0.6 is 11.8 Å². The van der Waals surface area contributed by atoms with Crippen LogP contribution in [0.5, 0.6) is 11.5 Å². The molecular formula is C26H26N4O2S. The van der Waals surface area contributed by atoms with Crippen molar-refractivity contribution < 1.29 is 9.47 Å². The molecule has 6 nitrogen and oxygen atoms in total. The molecule has 1 heterocycles. The van der Waals surface area contributed by atoms with Crippen LogP contribution in [0.3, 0.4) is 0 Å². The van der Waals surface area contributed by atoms with Gasteiger partial charge < -0.3 is 9.47 Å². The van der Waals surface area contributed by atoms with E-state index >= 15 is 0 Å². The van der Waals surface area contributed by atoms with Crippen molar-refractivity contribution in [2.45, 2.75) is 25.1 Å². The molecular weight excluding hydrogens is 432 g/mol. The summed E-state index contributed by atoms with van der Waals surface area (Å²) in [7, 11) is 1.64. The van der Waals surface area contributed by atoms with E-state index in [2.05, 4.69) is 58.6 Å². The van der Waals surface area contributed by atoms with E-state index in [4.69, 9.17) is 9.47 Å². The third kappa shape index (κ3) is 5.81. The zero-order chi connectivity index (χ0) is 23.0. The van der Waals surface area contributed by atoms with Crippen molar-refractivity contribution in [1.82, 2.24) is 14.9 Å². The van der Waals surface area contributed by atoms with Gasteiger partial charge in [0, 0.05) is 6.42 Å². The molecule has 4 rings (SSSR count). The maximum Gasteiger partial charge on any atom is 0.211 e. The Kier molecular flexibility index (Phi) is 7.42. The second-order valence-corrected chi connectivity index (χ2v) is 8.28. The molecule has 0 saturated carbocycles. The smallest absolute Gasteiger partial charge is 0.211 e. The number of rotatable bonds is 9. The number of nitrogens with zero attached hydrogens (tertiary/aromatic N) is 4. The summed E-state index contributed by atoms with van der Waals surface area (Å²) in [4.78, 5) is 0. The quantitative estimate of drug-likeness (QED) is 0.249. The summed E-state index contributed by atoms with van der Waals surface area (Å²) < 4.78 is 13.3. The molecule has 0 aliphatic rings. The second kappa shape index (κ2) is 10.8. The molecule has 0 aliphatic heterocycles. The Morgan fingerprint density at radius 2 is 1.73 bits per heavy atom. The predicted molar refractivity (Wildman–Crippen MR) is 133 cm³/mol. The Morgan fingerprint density at radius 3 is 2.45 bits per heavy atom. The van der Waals surface area contributed by atoms with Crippen molar-refractivity contribution in [3.63, 3.8) is 0 Å². The molecule has 0 N–H and O–H groups in total. The van der Waals surface area contributed by atoms with Crippen molar-refractivity contribution in [3.05, 3.63) is 101 Å². The van der Waals surface area contributed by atoms with Crippen LogP contribution in [0.2, 0.25) is 0 Å². The minimum atomic E-state index is 0.477. The van der Waals surface area contributed by atoms with Gasteiger partial charge in [-0.05, 0) is 48.1 Å². The van der Waals surface area contributed by atoms with Crippen molar-refractivity contribution in [3.8, 4) is 11.5 Å². The van der Waals surface area contributed by atoms with Crippen molar-refractivity contribution >= 4 is 18.0 Å². The zero-order valence-corrected chi connectivity index (χ0v) is 19.7. The van der Waals surface area contributed by atoms with E-state index in [-0.39, 0.29) is 0 Å². The van der Waals surface area contributed by atoms with Crippen molar-refractivity contribution in [1.29, 1.82) is 0 Å². The Hall–Kier alpha value is -3.58. The first kappa shape index (κ1) is 22.6. The number of hydrogen-bond donors (Lipinski definition) is 0. The first-order chi connectivity index (χ1) is 16.2. The molecule has 0 fully saturated rings. The van der Waals surface area contributed by atoms with Crippen LogP contribution in [-0.4, -0.2) is 34.5 Å². The van der Waals surface area contributed by atoms with Gasteiger partial charge in [0.1, 0.15) is 6.61 Å². The highest BCUT2D eigenvalue weighted by Gasteiger charge is 2.12. The van der Waals surface area contributed by atoms with E-state index in [1.807, 2.05) is 42.7 Å². The molecule has 0 unspecified atom stereocenters. The molecule has 33 heavy (non-hydrogen) atoms. The molecule has 0 aliphatic carbocycles. The first-order valence-corrected chi connectivity index (χ1v) is 11.8. The average molecular weight is 459 g/mol. The van der Waals surface area contributed by atoms with Gasteiger partial charge in [-0.1, -0.05) is 71.9 Å². The van der Waals surface area contributed by atoms with Gasteiger partial charge in [0.25, 0.3) is 0 Å². The van der Waals surface area contributed by atoms with Gasteiger partial charge in [0.05, 0.1) is 13.3 Å². The highest BCUT2D eigenvalue weighted by molar-refractivity contribution is 7.98. The summed E-state index contributed by atoms with van der Waals surface area (Å²) in [6, 6.07) is 24.2. The van der Waals surface area contributed by atoms with Gasteiger partial charge in [0.2, 0.25) is 5.16 Å². The Bertz CT molecular complexity index is 1220. The highest BCUT2D eigenvalue weighted by Crippen LogP contribution is 2.28. The molecule has 0 spiro atoms. The van der Waals surface area contributed by atoms with E-state index in [9.17, 15) is 0 Å². The average Bonchev–Trinajstić information content (AvgIpc) is 3.24. The van der Waals surface area contributed by atoms with E-state index in [1.54, 1.807) is 18.0 Å².